The molecule has 0 unspecified atom stereocenters. The van der Waals surface area contributed by atoms with Crippen LogP contribution in [-0.2, 0) is 21.2 Å². The Kier molecular flexibility index (Phi) is 5.51. The molecule has 0 radical (unpaired) electrons. The van der Waals surface area contributed by atoms with Crippen LogP contribution in [0.2, 0.25) is 0 Å². The Balaban J connectivity index is 1.87. The van der Waals surface area contributed by atoms with Gasteiger partial charge in [0.1, 0.15) is 5.01 Å². The lowest BCUT2D eigenvalue weighted by Gasteiger charge is -2.29. The number of hydrogen-bond acceptors (Lipinski definition) is 6. The molecule has 7 nitrogen and oxygen atoms in total. The van der Waals surface area contributed by atoms with E-state index in [0.29, 0.717) is 37.0 Å². The second-order valence-corrected chi connectivity index (χ2v) is 9.07. The molecule has 1 aliphatic rings. The largest absolute Gasteiger partial charge is 0.300 e. The van der Waals surface area contributed by atoms with E-state index in [1.165, 1.54) is 21.9 Å². The summed E-state index contributed by atoms with van der Waals surface area (Å²) in [4.78, 5) is 12.2. The number of carbonyl (C=O) groups excluding carboxylic acids is 1. The summed E-state index contributed by atoms with van der Waals surface area (Å²) in [5.41, 5.74) is 0. The molecule has 9 heteroatoms. The van der Waals surface area contributed by atoms with Gasteiger partial charge >= 0.3 is 0 Å². The highest BCUT2D eigenvalue weighted by atomic mass is 32.2. The topological polar surface area (TPSA) is 92.3 Å². The van der Waals surface area contributed by atoms with Gasteiger partial charge in [0.05, 0.1) is 6.26 Å². The maximum atomic E-state index is 12.2. The summed E-state index contributed by atoms with van der Waals surface area (Å²) in [7, 11) is -3.16. The van der Waals surface area contributed by atoms with Gasteiger partial charge in [0, 0.05) is 25.4 Å². The molecule has 2 rings (SSSR count). The summed E-state index contributed by atoms with van der Waals surface area (Å²) >= 11 is 1.40. The number of aromatic nitrogens is 2. The molecule has 0 aliphatic carbocycles. The van der Waals surface area contributed by atoms with E-state index in [2.05, 4.69) is 29.4 Å². The third kappa shape index (κ3) is 4.72. The molecule has 22 heavy (non-hydrogen) atoms. The van der Waals surface area contributed by atoms with Crippen LogP contribution in [0, 0.1) is 11.8 Å². The number of carbonyl (C=O) groups is 1. The first-order chi connectivity index (χ1) is 10.3. The lowest BCUT2D eigenvalue weighted by atomic mass is 9.97. The molecule has 0 aromatic carbocycles. The minimum Gasteiger partial charge on any atom is -0.300 e. The third-order valence-electron chi connectivity index (χ3n) is 3.57. The Morgan fingerprint density at radius 1 is 1.36 bits per heavy atom. The zero-order valence-corrected chi connectivity index (χ0v) is 14.7. The molecule has 1 aliphatic heterocycles. The van der Waals surface area contributed by atoms with E-state index < -0.39 is 10.0 Å². The van der Waals surface area contributed by atoms with Gasteiger partial charge in [0.2, 0.25) is 21.1 Å². The van der Waals surface area contributed by atoms with Gasteiger partial charge in [0.25, 0.3) is 0 Å². The standard InChI is InChI=1S/C13H22N4O3S2/c1-9(2)8-11-15-16-13(21-11)14-12(18)10-4-6-17(7-5-10)22(3,19)20/h9-10H,4-8H2,1-3H3,(H,14,16,18). The van der Waals surface area contributed by atoms with Crippen LogP contribution in [0.5, 0.6) is 0 Å². The van der Waals surface area contributed by atoms with E-state index in [9.17, 15) is 13.2 Å². The Labute approximate surface area is 135 Å². The van der Waals surface area contributed by atoms with Gasteiger partial charge in [-0.3, -0.25) is 4.79 Å². The number of nitrogens with one attached hydrogen (secondary N) is 1. The van der Waals surface area contributed by atoms with Gasteiger partial charge in [-0.25, -0.2) is 12.7 Å². The Bertz CT molecular complexity index is 619. The normalized spacial score (nSPS) is 17.8. The summed E-state index contributed by atoms with van der Waals surface area (Å²) in [5, 5.41) is 12.3. The van der Waals surface area contributed by atoms with Crippen molar-refractivity contribution >= 4 is 32.4 Å². The van der Waals surface area contributed by atoms with Crippen LogP contribution in [0.3, 0.4) is 0 Å². The van der Waals surface area contributed by atoms with Crippen molar-refractivity contribution < 1.29 is 13.2 Å². The maximum absolute atomic E-state index is 12.2. The quantitative estimate of drug-likeness (QED) is 0.869. The van der Waals surface area contributed by atoms with Crippen molar-refractivity contribution in [2.45, 2.75) is 33.1 Å². The van der Waals surface area contributed by atoms with Gasteiger partial charge in [-0.05, 0) is 18.8 Å². The molecular formula is C13H22N4O3S2. The second kappa shape index (κ2) is 7.01. The second-order valence-electron chi connectivity index (χ2n) is 6.02. The monoisotopic (exact) mass is 346 g/mol. The highest BCUT2D eigenvalue weighted by Gasteiger charge is 2.29. The average molecular weight is 346 g/mol. The van der Waals surface area contributed by atoms with Crippen molar-refractivity contribution in [3.8, 4) is 0 Å². The van der Waals surface area contributed by atoms with Crippen molar-refractivity contribution in [2.24, 2.45) is 11.8 Å². The molecule has 0 bridgehead atoms. The Morgan fingerprint density at radius 3 is 2.55 bits per heavy atom. The Morgan fingerprint density at radius 2 is 2.00 bits per heavy atom. The predicted octanol–water partition coefficient (Wildman–Crippen LogP) is 1.35. The molecular weight excluding hydrogens is 324 g/mol. The summed E-state index contributed by atoms with van der Waals surface area (Å²) in [6.07, 6.45) is 3.12. The first-order valence-corrected chi connectivity index (χ1v) is 10.0. The minimum absolute atomic E-state index is 0.0969. The fourth-order valence-corrected chi connectivity index (χ4v) is 4.22. The lowest BCUT2D eigenvalue weighted by molar-refractivity contribution is -0.120. The lowest BCUT2D eigenvalue weighted by Crippen LogP contribution is -2.40. The zero-order chi connectivity index (χ0) is 16.3. The van der Waals surface area contributed by atoms with Gasteiger partial charge in [-0.15, -0.1) is 10.2 Å². The molecule has 1 saturated heterocycles. The molecule has 2 heterocycles. The molecule has 1 aromatic rings. The molecule has 124 valence electrons. The first-order valence-electron chi connectivity index (χ1n) is 7.34. The predicted molar refractivity (Wildman–Crippen MR) is 86.2 cm³/mol. The summed E-state index contributed by atoms with van der Waals surface area (Å²) in [5.74, 6) is 0.229. The van der Waals surface area contributed by atoms with Crippen molar-refractivity contribution in [1.29, 1.82) is 0 Å². The number of amides is 1. The SMILES string of the molecule is CC(C)Cc1nnc(NC(=O)C2CCN(S(C)(=O)=O)CC2)s1. The smallest absolute Gasteiger partial charge is 0.229 e. The van der Waals surface area contributed by atoms with Crippen molar-refractivity contribution in [1.82, 2.24) is 14.5 Å². The third-order valence-corrected chi connectivity index (χ3v) is 5.74. The highest BCUT2D eigenvalue weighted by molar-refractivity contribution is 7.88. The number of anilines is 1. The molecule has 1 aromatic heterocycles. The van der Waals surface area contributed by atoms with E-state index in [0.717, 1.165) is 11.4 Å². The number of sulfonamides is 1. The molecule has 0 saturated carbocycles. The highest BCUT2D eigenvalue weighted by Crippen LogP contribution is 2.23. The van der Waals surface area contributed by atoms with Gasteiger partial charge < -0.3 is 5.32 Å². The number of nitrogens with zero attached hydrogens (tertiary/aromatic N) is 3. The molecule has 1 amide bonds. The molecule has 0 atom stereocenters. The summed E-state index contributed by atoms with van der Waals surface area (Å²) < 4.78 is 24.3. The van der Waals surface area contributed by atoms with Gasteiger partial charge in [-0.2, -0.15) is 0 Å². The fraction of sp³-hybridized carbons (Fsp3) is 0.769. The van der Waals surface area contributed by atoms with Crippen LogP contribution in [0.15, 0.2) is 0 Å². The van der Waals surface area contributed by atoms with Crippen LogP contribution in [0.1, 0.15) is 31.7 Å². The van der Waals surface area contributed by atoms with Crippen LogP contribution in [0.25, 0.3) is 0 Å². The van der Waals surface area contributed by atoms with E-state index in [1.54, 1.807) is 0 Å². The average Bonchev–Trinajstić information content (AvgIpc) is 2.84. The fourth-order valence-electron chi connectivity index (χ4n) is 2.39. The van der Waals surface area contributed by atoms with E-state index in [-0.39, 0.29) is 11.8 Å². The summed E-state index contributed by atoms with van der Waals surface area (Å²) in [6.45, 7) is 5.00. The van der Waals surface area contributed by atoms with Gasteiger partial charge in [0.15, 0.2) is 0 Å². The maximum Gasteiger partial charge on any atom is 0.229 e. The minimum atomic E-state index is -3.16. The van der Waals surface area contributed by atoms with Crippen molar-refractivity contribution in [2.75, 3.05) is 24.7 Å². The number of piperidine rings is 1. The molecule has 1 N–H and O–H groups in total. The van der Waals surface area contributed by atoms with Gasteiger partial charge in [-0.1, -0.05) is 25.2 Å². The van der Waals surface area contributed by atoms with Crippen LogP contribution in [-0.4, -0.2) is 48.2 Å². The summed E-state index contributed by atoms with van der Waals surface area (Å²) in [6, 6.07) is 0. The molecule has 1 fully saturated rings. The number of hydrogen-bond donors (Lipinski definition) is 1. The van der Waals surface area contributed by atoms with E-state index in [4.69, 9.17) is 0 Å². The van der Waals surface area contributed by atoms with Crippen LogP contribution in [0.4, 0.5) is 5.13 Å². The molecule has 0 spiro atoms. The van der Waals surface area contributed by atoms with Crippen LogP contribution >= 0.6 is 11.3 Å². The Hall–Kier alpha value is -1.06. The van der Waals surface area contributed by atoms with Crippen molar-refractivity contribution in [3.05, 3.63) is 5.01 Å². The van der Waals surface area contributed by atoms with E-state index >= 15 is 0 Å². The number of rotatable bonds is 5. The first kappa shape index (κ1) is 17.3. The van der Waals surface area contributed by atoms with Crippen LogP contribution < -0.4 is 5.32 Å². The van der Waals surface area contributed by atoms with Crippen molar-refractivity contribution in [3.63, 3.8) is 0 Å². The van der Waals surface area contributed by atoms with E-state index in [1.807, 2.05) is 0 Å². The zero-order valence-electron chi connectivity index (χ0n) is 13.1.